The van der Waals surface area contributed by atoms with Crippen LogP contribution < -0.4 is 4.90 Å². The zero-order valence-corrected chi connectivity index (χ0v) is 18.3. The van der Waals surface area contributed by atoms with Crippen LogP contribution in [0.4, 0.5) is 5.69 Å². The minimum absolute atomic E-state index is 0.191. The predicted molar refractivity (Wildman–Crippen MR) is 120 cm³/mol. The Morgan fingerprint density at radius 2 is 1.84 bits per heavy atom. The van der Waals surface area contributed by atoms with Crippen molar-refractivity contribution in [3.63, 3.8) is 0 Å². The summed E-state index contributed by atoms with van der Waals surface area (Å²) >= 11 is 6.46. The van der Waals surface area contributed by atoms with Crippen LogP contribution in [0.2, 0.25) is 5.15 Å². The maximum absolute atomic E-state index is 13.0. The maximum Gasteiger partial charge on any atom is 0.343 e. The number of esters is 1. The smallest absolute Gasteiger partial charge is 0.343 e. The van der Waals surface area contributed by atoms with Gasteiger partial charge in [-0.15, -0.1) is 0 Å². The van der Waals surface area contributed by atoms with Crippen molar-refractivity contribution in [1.29, 1.82) is 0 Å². The van der Waals surface area contributed by atoms with Crippen LogP contribution in [0.5, 0.6) is 0 Å². The fourth-order valence-electron chi connectivity index (χ4n) is 3.90. The SMILES string of the molecule is Cc1nn(Cc2ccccc2)c(Cl)c1C(=O)O[C@@H](C)C(=O)N1CCCc2ccccc21. The van der Waals surface area contributed by atoms with Crippen LogP contribution >= 0.6 is 11.6 Å². The molecule has 2 heterocycles. The number of amides is 1. The summed E-state index contributed by atoms with van der Waals surface area (Å²) in [5.41, 5.74) is 3.68. The molecule has 1 aliphatic heterocycles. The van der Waals surface area contributed by atoms with Crippen LogP contribution in [0.25, 0.3) is 0 Å². The van der Waals surface area contributed by atoms with E-state index in [1.807, 2.05) is 54.6 Å². The molecule has 0 fully saturated rings. The number of aryl methyl sites for hydroxylation is 2. The van der Waals surface area contributed by atoms with Gasteiger partial charge < -0.3 is 9.64 Å². The van der Waals surface area contributed by atoms with Gasteiger partial charge >= 0.3 is 5.97 Å². The van der Waals surface area contributed by atoms with E-state index in [4.69, 9.17) is 16.3 Å². The Bertz CT molecular complexity index is 1110. The summed E-state index contributed by atoms with van der Waals surface area (Å²) in [5, 5.41) is 4.59. The molecule has 4 rings (SSSR count). The van der Waals surface area contributed by atoms with Crippen LogP contribution in [0.1, 0.15) is 40.5 Å². The zero-order valence-electron chi connectivity index (χ0n) is 17.5. The summed E-state index contributed by atoms with van der Waals surface area (Å²) in [6.07, 6.45) is 0.871. The summed E-state index contributed by atoms with van der Waals surface area (Å²) < 4.78 is 7.09. The van der Waals surface area contributed by atoms with E-state index in [1.54, 1.807) is 23.4 Å². The third-order valence-corrected chi connectivity index (χ3v) is 5.84. The number of nitrogens with zero attached hydrogens (tertiary/aromatic N) is 3. The van der Waals surface area contributed by atoms with Crippen LogP contribution in [0.15, 0.2) is 54.6 Å². The lowest BCUT2D eigenvalue weighted by molar-refractivity contribution is -0.126. The first-order chi connectivity index (χ1) is 15.0. The van der Waals surface area contributed by atoms with E-state index in [9.17, 15) is 9.59 Å². The molecule has 1 aromatic heterocycles. The topological polar surface area (TPSA) is 64.4 Å². The molecule has 0 unspecified atom stereocenters. The lowest BCUT2D eigenvalue weighted by atomic mass is 10.0. The molecule has 0 aliphatic carbocycles. The Hall–Kier alpha value is -3.12. The Labute approximate surface area is 186 Å². The number of ether oxygens (including phenoxy) is 1. The monoisotopic (exact) mass is 437 g/mol. The van der Waals surface area contributed by atoms with Gasteiger partial charge in [-0.1, -0.05) is 60.1 Å². The number of hydrogen-bond donors (Lipinski definition) is 0. The molecule has 0 N–H and O–H groups in total. The highest BCUT2D eigenvalue weighted by Gasteiger charge is 2.30. The van der Waals surface area contributed by atoms with Crippen molar-refractivity contribution < 1.29 is 14.3 Å². The van der Waals surface area contributed by atoms with Crippen LogP contribution in [-0.4, -0.2) is 34.3 Å². The van der Waals surface area contributed by atoms with Gasteiger partial charge in [0.2, 0.25) is 0 Å². The molecule has 0 saturated carbocycles. The highest BCUT2D eigenvalue weighted by atomic mass is 35.5. The molecule has 0 spiro atoms. The third-order valence-electron chi connectivity index (χ3n) is 5.45. The lowest BCUT2D eigenvalue weighted by Crippen LogP contribution is -2.42. The van der Waals surface area contributed by atoms with E-state index in [2.05, 4.69) is 5.10 Å². The Morgan fingerprint density at radius 3 is 2.61 bits per heavy atom. The minimum atomic E-state index is -0.938. The number of carbonyl (C=O) groups is 2. The first kappa shape index (κ1) is 21.1. The van der Waals surface area contributed by atoms with Gasteiger partial charge in [-0.2, -0.15) is 5.10 Å². The van der Waals surface area contributed by atoms with Crippen molar-refractivity contribution >= 4 is 29.2 Å². The van der Waals surface area contributed by atoms with Gasteiger partial charge in [0, 0.05) is 12.2 Å². The molecule has 6 nitrogen and oxygen atoms in total. The molecule has 0 bridgehead atoms. The highest BCUT2D eigenvalue weighted by Crippen LogP contribution is 2.28. The standard InChI is InChI=1S/C24H24ClN3O3/c1-16-21(22(25)28(26-16)15-18-9-4-3-5-10-18)24(30)31-17(2)23(29)27-14-8-12-19-11-6-7-13-20(19)27/h3-7,9-11,13,17H,8,12,14-15H2,1-2H3/t17-/m0/s1. The van der Waals surface area contributed by atoms with Gasteiger partial charge in [0.15, 0.2) is 6.10 Å². The van der Waals surface area contributed by atoms with Crippen LogP contribution in [-0.2, 0) is 22.5 Å². The van der Waals surface area contributed by atoms with Gasteiger partial charge in [0.1, 0.15) is 10.7 Å². The number of halogens is 1. The Balaban J connectivity index is 1.49. The first-order valence-corrected chi connectivity index (χ1v) is 10.7. The zero-order chi connectivity index (χ0) is 22.0. The fourth-order valence-corrected chi connectivity index (χ4v) is 4.21. The number of anilines is 1. The first-order valence-electron chi connectivity index (χ1n) is 10.3. The number of hydrogen-bond acceptors (Lipinski definition) is 4. The van der Waals surface area contributed by atoms with Crippen molar-refractivity contribution in [2.75, 3.05) is 11.4 Å². The van der Waals surface area contributed by atoms with E-state index < -0.39 is 12.1 Å². The molecule has 160 valence electrons. The molecule has 3 aromatic rings. The average Bonchev–Trinajstić information content (AvgIpc) is 3.06. The summed E-state index contributed by atoms with van der Waals surface area (Å²) in [4.78, 5) is 27.6. The fraction of sp³-hybridized carbons (Fsp3) is 0.292. The van der Waals surface area contributed by atoms with Gasteiger partial charge in [0.25, 0.3) is 5.91 Å². The molecule has 1 amide bonds. The molecule has 0 radical (unpaired) electrons. The van der Waals surface area contributed by atoms with Crippen LogP contribution in [0.3, 0.4) is 0 Å². The minimum Gasteiger partial charge on any atom is -0.449 e. The second-order valence-corrected chi connectivity index (χ2v) is 8.02. The molecular formula is C24H24ClN3O3. The normalized spacial score (nSPS) is 14.1. The van der Waals surface area contributed by atoms with Crippen molar-refractivity contribution in [2.24, 2.45) is 0 Å². The third kappa shape index (κ3) is 4.35. The number of aromatic nitrogens is 2. The van der Waals surface area contributed by atoms with Crippen molar-refractivity contribution in [3.05, 3.63) is 82.1 Å². The largest absolute Gasteiger partial charge is 0.449 e. The predicted octanol–water partition coefficient (Wildman–Crippen LogP) is 4.42. The molecule has 7 heteroatoms. The number of carbonyl (C=O) groups excluding carboxylic acids is 2. The molecule has 1 atom stereocenters. The van der Waals surface area contributed by atoms with E-state index >= 15 is 0 Å². The molecule has 2 aromatic carbocycles. The summed E-state index contributed by atoms with van der Waals surface area (Å²) in [7, 11) is 0. The van der Waals surface area contributed by atoms with Crippen LogP contribution in [0, 0.1) is 6.92 Å². The van der Waals surface area contributed by atoms with Gasteiger partial charge in [-0.3, -0.25) is 4.79 Å². The van der Waals surface area contributed by atoms with Gasteiger partial charge in [0.05, 0.1) is 12.2 Å². The summed E-state index contributed by atoms with van der Waals surface area (Å²) in [6.45, 7) is 4.34. The maximum atomic E-state index is 13.0. The molecule has 1 aliphatic rings. The molecule has 31 heavy (non-hydrogen) atoms. The molecular weight excluding hydrogens is 414 g/mol. The van der Waals surface area contributed by atoms with Crippen molar-refractivity contribution in [2.45, 2.75) is 39.3 Å². The summed E-state index contributed by atoms with van der Waals surface area (Å²) in [6, 6.07) is 17.5. The number of benzene rings is 2. The summed E-state index contributed by atoms with van der Waals surface area (Å²) in [5.74, 6) is -0.890. The number of fused-ring (bicyclic) bond motifs is 1. The van der Waals surface area contributed by atoms with Crippen molar-refractivity contribution in [3.8, 4) is 0 Å². The second kappa shape index (κ2) is 8.94. The molecule has 0 saturated heterocycles. The Morgan fingerprint density at radius 1 is 1.13 bits per heavy atom. The van der Waals surface area contributed by atoms with E-state index in [0.29, 0.717) is 18.8 Å². The Kier molecular flexibility index (Phi) is 6.09. The quantitative estimate of drug-likeness (QED) is 0.554. The van der Waals surface area contributed by atoms with E-state index in [-0.39, 0.29) is 16.6 Å². The van der Waals surface area contributed by atoms with Gasteiger partial charge in [-0.05, 0) is 43.9 Å². The van der Waals surface area contributed by atoms with Crippen molar-refractivity contribution in [1.82, 2.24) is 9.78 Å². The highest BCUT2D eigenvalue weighted by molar-refractivity contribution is 6.32. The lowest BCUT2D eigenvalue weighted by Gasteiger charge is -2.31. The average molecular weight is 438 g/mol. The van der Waals surface area contributed by atoms with E-state index in [0.717, 1.165) is 29.7 Å². The second-order valence-electron chi connectivity index (χ2n) is 7.66. The van der Waals surface area contributed by atoms with E-state index in [1.165, 1.54) is 0 Å². The van der Waals surface area contributed by atoms with Gasteiger partial charge in [-0.25, -0.2) is 9.48 Å². The number of rotatable bonds is 5. The number of para-hydroxylation sites is 1.